The second-order valence-corrected chi connectivity index (χ2v) is 7.35. The van der Waals surface area contributed by atoms with Gasteiger partial charge in [0.1, 0.15) is 11.8 Å². The zero-order chi connectivity index (χ0) is 22.1. The monoisotopic (exact) mass is 411 g/mol. The summed E-state index contributed by atoms with van der Waals surface area (Å²) in [5, 5.41) is 8.13. The van der Waals surface area contributed by atoms with E-state index in [1.807, 2.05) is 57.2 Å². The third-order valence-electron chi connectivity index (χ3n) is 4.70. The van der Waals surface area contributed by atoms with Crippen LogP contribution in [-0.2, 0) is 16.1 Å². The van der Waals surface area contributed by atoms with Crippen LogP contribution in [0.4, 0.5) is 0 Å². The summed E-state index contributed by atoms with van der Waals surface area (Å²) < 4.78 is 5.10. The lowest BCUT2D eigenvalue weighted by molar-refractivity contribution is -0.127. The highest BCUT2D eigenvalue weighted by Crippen LogP contribution is 2.11. The molecule has 7 nitrogen and oxygen atoms in total. The molecule has 0 spiro atoms. The lowest BCUT2D eigenvalue weighted by Crippen LogP contribution is -2.51. The summed E-state index contributed by atoms with van der Waals surface area (Å²) in [4.78, 5) is 37.2. The second-order valence-electron chi connectivity index (χ2n) is 7.35. The average molecular weight is 412 g/mol. The number of rotatable bonds is 9. The zero-order valence-electron chi connectivity index (χ0n) is 17.8. The molecular weight excluding hydrogens is 382 g/mol. The molecule has 0 saturated heterocycles. The average Bonchev–Trinajstić information content (AvgIpc) is 2.74. The fourth-order valence-electron chi connectivity index (χ4n) is 2.87. The molecule has 0 aliphatic carbocycles. The van der Waals surface area contributed by atoms with Crippen LogP contribution in [0.5, 0.6) is 5.75 Å². The number of aryl methyl sites for hydroxylation is 1. The van der Waals surface area contributed by atoms with Gasteiger partial charge in [-0.25, -0.2) is 0 Å². The first-order chi connectivity index (χ1) is 14.3. The van der Waals surface area contributed by atoms with Crippen molar-refractivity contribution in [2.75, 3.05) is 13.7 Å². The van der Waals surface area contributed by atoms with Crippen molar-refractivity contribution < 1.29 is 19.1 Å². The quantitative estimate of drug-likeness (QED) is 0.589. The number of carbonyl (C=O) groups is 3. The predicted octanol–water partition coefficient (Wildman–Crippen LogP) is 2.19. The smallest absolute Gasteiger partial charge is 0.252 e. The zero-order valence-corrected chi connectivity index (χ0v) is 17.8. The van der Waals surface area contributed by atoms with E-state index in [0.29, 0.717) is 12.1 Å². The molecule has 7 heteroatoms. The summed E-state index contributed by atoms with van der Waals surface area (Å²) >= 11 is 0. The van der Waals surface area contributed by atoms with Crippen molar-refractivity contribution in [1.29, 1.82) is 0 Å². The van der Waals surface area contributed by atoms with Crippen molar-refractivity contribution in [2.45, 2.75) is 33.4 Å². The lowest BCUT2D eigenvalue weighted by atomic mass is 10.0. The molecule has 0 aliphatic heterocycles. The van der Waals surface area contributed by atoms with Crippen LogP contribution < -0.4 is 20.7 Å². The fourth-order valence-corrected chi connectivity index (χ4v) is 2.87. The van der Waals surface area contributed by atoms with Crippen molar-refractivity contribution >= 4 is 17.7 Å². The second kappa shape index (κ2) is 11.0. The molecule has 0 aromatic heterocycles. The summed E-state index contributed by atoms with van der Waals surface area (Å²) in [6, 6.07) is 13.8. The maximum absolute atomic E-state index is 12.6. The van der Waals surface area contributed by atoms with Gasteiger partial charge in [0.15, 0.2) is 0 Å². The molecule has 0 fully saturated rings. The Morgan fingerprint density at radius 2 is 1.63 bits per heavy atom. The fraction of sp³-hybridized carbons (Fsp3) is 0.348. The Morgan fingerprint density at radius 1 is 0.967 bits per heavy atom. The molecule has 160 valence electrons. The molecule has 3 N–H and O–H groups in total. The van der Waals surface area contributed by atoms with Crippen molar-refractivity contribution in [2.24, 2.45) is 5.92 Å². The van der Waals surface area contributed by atoms with Crippen LogP contribution in [0.1, 0.15) is 35.3 Å². The largest absolute Gasteiger partial charge is 0.497 e. The molecule has 2 aromatic carbocycles. The number of ether oxygens (including phenoxy) is 1. The molecule has 30 heavy (non-hydrogen) atoms. The first-order valence-electron chi connectivity index (χ1n) is 9.85. The van der Waals surface area contributed by atoms with Crippen molar-refractivity contribution in [3.63, 3.8) is 0 Å². The van der Waals surface area contributed by atoms with E-state index in [4.69, 9.17) is 4.74 Å². The van der Waals surface area contributed by atoms with Gasteiger partial charge in [-0.05, 0) is 42.2 Å². The van der Waals surface area contributed by atoms with Gasteiger partial charge in [-0.3, -0.25) is 14.4 Å². The van der Waals surface area contributed by atoms with Crippen molar-refractivity contribution in [3.05, 3.63) is 65.2 Å². The number of benzene rings is 2. The number of methoxy groups -OCH3 is 1. The minimum Gasteiger partial charge on any atom is -0.497 e. The van der Waals surface area contributed by atoms with Crippen LogP contribution in [-0.4, -0.2) is 37.4 Å². The number of hydrogen-bond acceptors (Lipinski definition) is 4. The molecular formula is C23H29N3O4. The normalized spacial score (nSPS) is 11.5. The topological polar surface area (TPSA) is 96.5 Å². The van der Waals surface area contributed by atoms with Gasteiger partial charge < -0.3 is 20.7 Å². The van der Waals surface area contributed by atoms with Crippen LogP contribution >= 0.6 is 0 Å². The Kier molecular flexibility index (Phi) is 8.41. The van der Waals surface area contributed by atoms with Gasteiger partial charge in [0, 0.05) is 12.1 Å². The van der Waals surface area contributed by atoms with Gasteiger partial charge in [0.2, 0.25) is 11.8 Å². The Morgan fingerprint density at radius 3 is 2.23 bits per heavy atom. The third-order valence-corrected chi connectivity index (χ3v) is 4.70. The van der Waals surface area contributed by atoms with E-state index in [-0.39, 0.29) is 24.3 Å². The molecule has 0 heterocycles. The minimum absolute atomic E-state index is 0.139. The van der Waals surface area contributed by atoms with Crippen molar-refractivity contribution in [3.8, 4) is 5.75 Å². The summed E-state index contributed by atoms with van der Waals surface area (Å²) in [5.74, 6) is -0.422. The first-order valence-corrected chi connectivity index (χ1v) is 9.85. The highest BCUT2D eigenvalue weighted by molar-refractivity contribution is 5.99. The number of nitrogens with one attached hydrogen (secondary N) is 3. The summed E-state index contributed by atoms with van der Waals surface area (Å²) in [6.07, 6.45) is 0. The summed E-state index contributed by atoms with van der Waals surface area (Å²) in [7, 11) is 1.59. The Bertz CT molecular complexity index is 878. The van der Waals surface area contributed by atoms with Crippen molar-refractivity contribution in [1.82, 2.24) is 16.0 Å². The number of amides is 3. The minimum atomic E-state index is -0.744. The molecule has 1 atom stereocenters. The van der Waals surface area contributed by atoms with Crippen LogP contribution in [0.3, 0.4) is 0 Å². The van der Waals surface area contributed by atoms with E-state index in [9.17, 15) is 14.4 Å². The SMILES string of the molecule is COc1ccc(CNC(=O)CNC(=O)C(NC(=O)c2ccccc2C)C(C)C)cc1. The Balaban J connectivity index is 1.86. The van der Waals surface area contributed by atoms with E-state index in [1.165, 1.54) is 0 Å². The Labute approximate surface area is 177 Å². The lowest BCUT2D eigenvalue weighted by Gasteiger charge is -2.22. The molecule has 1 unspecified atom stereocenters. The summed E-state index contributed by atoms with van der Waals surface area (Å²) in [5.41, 5.74) is 2.27. The molecule has 3 amide bonds. The number of hydrogen-bond donors (Lipinski definition) is 3. The van der Waals surface area contributed by atoms with E-state index in [2.05, 4.69) is 16.0 Å². The first kappa shape index (κ1) is 22.9. The molecule has 0 bridgehead atoms. The van der Waals surface area contributed by atoms with Gasteiger partial charge in [-0.1, -0.05) is 44.2 Å². The third kappa shape index (κ3) is 6.62. The predicted molar refractivity (Wildman–Crippen MR) is 115 cm³/mol. The van der Waals surface area contributed by atoms with E-state index in [0.717, 1.165) is 16.9 Å². The summed E-state index contributed by atoms with van der Waals surface area (Å²) in [6.45, 7) is 5.69. The molecule has 0 saturated carbocycles. The van der Waals surface area contributed by atoms with E-state index < -0.39 is 11.9 Å². The molecule has 2 rings (SSSR count). The molecule has 0 radical (unpaired) electrons. The van der Waals surface area contributed by atoms with Gasteiger partial charge >= 0.3 is 0 Å². The highest BCUT2D eigenvalue weighted by atomic mass is 16.5. The van der Waals surface area contributed by atoms with Crippen LogP contribution in [0, 0.1) is 12.8 Å². The van der Waals surface area contributed by atoms with Gasteiger partial charge in [-0.15, -0.1) is 0 Å². The maximum Gasteiger partial charge on any atom is 0.252 e. The van der Waals surface area contributed by atoms with Gasteiger partial charge in [0.25, 0.3) is 5.91 Å². The molecule has 2 aromatic rings. The highest BCUT2D eigenvalue weighted by Gasteiger charge is 2.25. The van der Waals surface area contributed by atoms with Gasteiger partial charge in [-0.2, -0.15) is 0 Å². The Hall–Kier alpha value is -3.35. The van der Waals surface area contributed by atoms with Gasteiger partial charge in [0.05, 0.1) is 13.7 Å². The van der Waals surface area contributed by atoms with Crippen LogP contribution in [0.2, 0.25) is 0 Å². The van der Waals surface area contributed by atoms with Crippen LogP contribution in [0.25, 0.3) is 0 Å². The van der Waals surface area contributed by atoms with E-state index in [1.54, 1.807) is 19.2 Å². The van der Waals surface area contributed by atoms with E-state index >= 15 is 0 Å². The standard InChI is InChI=1S/C23H29N3O4/c1-15(2)21(26-22(28)19-8-6-5-7-16(19)3)23(29)25-14-20(27)24-13-17-9-11-18(30-4)12-10-17/h5-12,15,21H,13-14H2,1-4H3,(H,24,27)(H,25,29)(H,26,28). The maximum atomic E-state index is 12.6. The number of carbonyl (C=O) groups excluding carboxylic acids is 3. The van der Waals surface area contributed by atoms with Crippen LogP contribution in [0.15, 0.2) is 48.5 Å². The molecule has 0 aliphatic rings.